The zero-order chi connectivity index (χ0) is 44.1. The number of carbonyl (C=O) groups is 7. The van der Waals surface area contributed by atoms with Crippen molar-refractivity contribution in [2.45, 2.75) is 51.0 Å². The van der Waals surface area contributed by atoms with Gasteiger partial charge in [-0.25, -0.2) is 0 Å². The van der Waals surface area contributed by atoms with Gasteiger partial charge < -0.3 is 46.0 Å². The maximum atomic E-state index is 13.5. The van der Waals surface area contributed by atoms with Crippen LogP contribution in [0.1, 0.15) is 56.6 Å². The number of amides is 3. The summed E-state index contributed by atoms with van der Waals surface area (Å²) >= 11 is 0. The molecule has 7 N–H and O–H groups in total. The number of likely N-dealkylation sites (tertiary alicyclic amines) is 1. The van der Waals surface area contributed by atoms with Crippen molar-refractivity contribution >= 4 is 41.6 Å². The van der Waals surface area contributed by atoms with E-state index in [0.717, 1.165) is 32.4 Å². The molecule has 0 radical (unpaired) electrons. The molecule has 1 aromatic heterocycles. The maximum absolute atomic E-state index is 13.5. The van der Waals surface area contributed by atoms with Crippen LogP contribution >= 0.6 is 0 Å². The van der Waals surface area contributed by atoms with Gasteiger partial charge in [0.25, 0.3) is 0 Å². The average Bonchev–Trinajstić information content (AvgIpc) is 3.22. The van der Waals surface area contributed by atoms with E-state index in [-0.39, 0.29) is 103 Å². The summed E-state index contributed by atoms with van der Waals surface area (Å²) in [5.41, 5.74) is 0.418. The quantitative estimate of drug-likeness (QED) is 0.0751. The Balaban J connectivity index is 1.28. The van der Waals surface area contributed by atoms with Gasteiger partial charge >= 0.3 is 23.9 Å². The number of carbonyl (C=O) groups excluding carboxylic acids is 3. The number of carboxylic acid groups (broad SMARTS) is 4. The number of rotatable bonds is 20. The Labute approximate surface area is 355 Å². The van der Waals surface area contributed by atoms with E-state index in [4.69, 9.17) is 4.74 Å². The topological polar surface area (TPSA) is 275 Å². The number of nitrogens with one attached hydrogen (secondary N) is 3. The third-order valence-corrected chi connectivity index (χ3v) is 11.3. The van der Waals surface area contributed by atoms with Gasteiger partial charge in [-0.05, 0) is 62.7 Å². The van der Waals surface area contributed by atoms with Crippen LogP contribution in [0.15, 0.2) is 18.5 Å². The van der Waals surface area contributed by atoms with Gasteiger partial charge in [0.2, 0.25) is 17.7 Å². The number of nitrogens with zero attached hydrogens (tertiary/aromatic N) is 6. The fourth-order valence-electron chi connectivity index (χ4n) is 7.90. The van der Waals surface area contributed by atoms with Crippen LogP contribution in [0.5, 0.6) is 5.75 Å². The van der Waals surface area contributed by atoms with Crippen LogP contribution in [0.25, 0.3) is 0 Å². The van der Waals surface area contributed by atoms with Crippen LogP contribution < -0.4 is 20.7 Å². The standard InChI is InChI=1S/C40H63N9O12/c50-34(25-45-11-13-46(26-37(54)55)15-17-48(28-39(58)59)18-16-47(14-12-45)27-38(56)57)43-9-19-61-32-20-31(22-42-23-32)33(21-36(52)53)44-40(60)30-2-1-10-49(24-30)35(51)4-3-29-5-7-41-8-6-29/h20,22-23,29-30,33,41H,1-19,21,24-28H2,(H,43,50)(H,44,60)(H,52,53)(H,54,55)(H,56,57)(H,58,59)/t30-,33+/m1/s1. The lowest BCUT2D eigenvalue weighted by Crippen LogP contribution is -2.50. The van der Waals surface area contributed by atoms with Gasteiger partial charge in [-0.2, -0.15) is 0 Å². The van der Waals surface area contributed by atoms with Gasteiger partial charge in [0.15, 0.2) is 0 Å². The fourth-order valence-corrected chi connectivity index (χ4v) is 7.90. The Morgan fingerprint density at radius 2 is 1.30 bits per heavy atom. The number of hydrogen-bond acceptors (Lipinski definition) is 14. The molecule has 21 nitrogen and oxygen atoms in total. The van der Waals surface area contributed by atoms with Gasteiger partial charge in [0.1, 0.15) is 12.4 Å². The lowest BCUT2D eigenvalue weighted by molar-refractivity contribution is -0.140. The number of pyridine rings is 1. The Hall–Kier alpha value is -4.96. The summed E-state index contributed by atoms with van der Waals surface area (Å²) in [5, 5.41) is 47.0. The molecule has 61 heavy (non-hydrogen) atoms. The number of carboxylic acids is 4. The molecule has 21 heteroatoms. The van der Waals surface area contributed by atoms with Crippen LogP contribution in [-0.4, -0.2) is 209 Å². The molecule has 0 aliphatic carbocycles. The molecule has 3 saturated heterocycles. The molecule has 2 atom stereocenters. The molecule has 3 fully saturated rings. The van der Waals surface area contributed by atoms with E-state index in [1.54, 1.807) is 30.6 Å². The highest BCUT2D eigenvalue weighted by Crippen LogP contribution is 2.25. The molecule has 0 unspecified atom stereocenters. The number of hydrogen-bond donors (Lipinski definition) is 7. The van der Waals surface area contributed by atoms with Crippen LogP contribution in [0, 0.1) is 11.8 Å². The minimum atomic E-state index is -1.12. The number of piperidine rings is 2. The van der Waals surface area contributed by atoms with Crippen LogP contribution in [0.2, 0.25) is 0 Å². The van der Waals surface area contributed by atoms with Crippen molar-refractivity contribution in [2.24, 2.45) is 11.8 Å². The first-order valence-electron chi connectivity index (χ1n) is 21.1. The fraction of sp³-hybridized carbons (Fsp3) is 0.700. The van der Waals surface area contributed by atoms with Crippen molar-refractivity contribution in [3.8, 4) is 5.75 Å². The number of aromatic nitrogens is 1. The van der Waals surface area contributed by atoms with Crippen molar-refractivity contribution in [1.29, 1.82) is 0 Å². The Morgan fingerprint density at radius 1 is 0.738 bits per heavy atom. The van der Waals surface area contributed by atoms with Gasteiger partial charge in [0, 0.05) is 78.1 Å². The highest BCUT2D eigenvalue weighted by atomic mass is 16.5. The van der Waals surface area contributed by atoms with E-state index in [1.165, 1.54) is 12.4 Å². The normalized spacial score (nSPS) is 20.1. The molecule has 0 saturated carbocycles. The molecule has 3 aliphatic heterocycles. The summed E-state index contributed by atoms with van der Waals surface area (Å²) in [6.07, 6.45) is 7.13. The van der Waals surface area contributed by atoms with Crippen molar-refractivity contribution in [1.82, 2.24) is 45.4 Å². The van der Waals surface area contributed by atoms with E-state index in [1.807, 2.05) is 0 Å². The molecular formula is C40H63N9O12. The van der Waals surface area contributed by atoms with E-state index < -0.39 is 42.3 Å². The van der Waals surface area contributed by atoms with Crippen LogP contribution in [0.3, 0.4) is 0 Å². The third-order valence-electron chi connectivity index (χ3n) is 11.3. The summed E-state index contributed by atoms with van der Waals surface area (Å²) in [4.78, 5) is 98.8. The van der Waals surface area contributed by atoms with E-state index >= 15 is 0 Å². The van der Waals surface area contributed by atoms with Gasteiger partial charge in [0.05, 0.1) is 57.3 Å². The summed E-state index contributed by atoms with van der Waals surface area (Å²) in [6.45, 7) is 4.20. The number of aliphatic carboxylic acids is 4. The zero-order valence-corrected chi connectivity index (χ0v) is 34.9. The predicted octanol–water partition coefficient (Wildman–Crippen LogP) is -1.30. The van der Waals surface area contributed by atoms with Crippen LogP contribution in [0.4, 0.5) is 0 Å². The lowest BCUT2D eigenvalue weighted by Gasteiger charge is -2.33. The van der Waals surface area contributed by atoms with E-state index in [2.05, 4.69) is 20.9 Å². The highest BCUT2D eigenvalue weighted by Gasteiger charge is 2.31. The second-order valence-corrected chi connectivity index (χ2v) is 16.0. The third kappa shape index (κ3) is 18.7. The van der Waals surface area contributed by atoms with Gasteiger partial charge in [-0.1, -0.05) is 0 Å². The first-order valence-corrected chi connectivity index (χ1v) is 21.1. The molecule has 4 rings (SSSR count). The summed E-state index contributed by atoms with van der Waals surface area (Å²) in [6, 6.07) is 0.678. The van der Waals surface area contributed by atoms with Gasteiger partial charge in [-0.3, -0.25) is 58.1 Å². The van der Waals surface area contributed by atoms with E-state index in [0.29, 0.717) is 56.1 Å². The second-order valence-electron chi connectivity index (χ2n) is 16.0. The van der Waals surface area contributed by atoms with Crippen LogP contribution in [-0.2, 0) is 33.6 Å². The molecule has 3 aliphatic rings. The monoisotopic (exact) mass is 861 g/mol. The van der Waals surface area contributed by atoms with E-state index in [9.17, 15) is 54.0 Å². The molecule has 0 aromatic carbocycles. The highest BCUT2D eigenvalue weighted by molar-refractivity contribution is 5.82. The smallest absolute Gasteiger partial charge is 0.317 e. The first kappa shape index (κ1) is 48.7. The molecular weight excluding hydrogens is 798 g/mol. The maximum Gasteiger partial charge on any atom is 0.317 e. The molecule has 4 heterocycles. The minimum absolute atomic E-state index is 0.0298. The van der Waals surface area contributed by atoms with Crippen molar-refractivity contribution in [3.63, 3.8) is 0 Å². The zero-order valence-electron chi connectivity index (χ0n) is 34.9. The summed E-state index contributed by atoms with van der Waals surface area (Å²) in [7, 11) is 0. The Morgan fingerprint density at radius 3 is 1.84 bits per heavy atom. The summed E-state index contributed by atoms with van der Waals surface area (Å²) in [5.74, 6) is -4.56. The molecule has 1 aromatic rings. The lowest BCUT2D eigenvalue weighted by atomic mass is 9.92. The molecule has 0 spiro atoms. The summed E-state index contributed by atoms with van der Waals surface area (Å²) < 4.78 is 5.83. The Bertz CT molecular complexity index is 1600. The molecule has 340 valence electrons. The van der Waals surface area contributed by atoms with Crippen molar-refractivity contribution in [3.05, 3.63) is 24.0 Å². The molecule has 0 bridgehead atoms. The SMILES string of the molecule is O=C(O)C[C@H](NC(=O)[C@@H]1CCCN(C(=O)CCC2CCNCC2)C1)c1cncc(OCCNC(=O)CN2CCN(CC(=O)O)CCN(CC(=O)O)CCN(CC(=O)O)CC2)c1. The van der Waals surface area contributed by atoms with Crippen molar-refractivity contribution in [2.75, 3.05) is 118 Å². The average molecular weight is 862 g/mol. The minimum Gasteiger partial charge on any atom is -0.490 e. The Kier molecular flexibility index (Phi) is 20.5. The first-order chi connectivity index (χ1) is 29.2. The predicted molar refractivity (Wildman–Crippen MR) is 219 cm³/mol. The largest absolute Gasteiger partial charge is 0.490 e. The van der Waals surface area contributed by atoms with Crippen molar-refractivity contribution < 1.29 is 58.7 Å². The van der Waals surface area contributed by atoms with Gasteiger partial charge in [-0.15, -0.1) is 0 Å². The molecule has 3 amide bonds. The second kappa shape index (κ2) is 25.7. The number of ether oxygens (including phenoxy) is 1.